The van der Waals surface area contributed by atoms with E-state index in [0.29, 0.717) is 35.9 Å². The SMILES string of the molecule is COC1CCC(N(C)C(=O)C2CC3CCCC(C2)C3N)CC1. The van der Waals surface area contributed by atoms with E-state index < -0.39 is 0 Å². The van der Waals surface area contributed by atoms with Crippen molar-refractivity contribution in [2.45, 2.75) is 76.0 Å². The van der Waals surface area contributed by atoms with Gasteiger partial charge >= 0.3 is 0 Å². The van der Waals surface area contributed by atoms with Crippen LogP contribution in [0, 0.1) is 17.8 Å². The maximum absolute atomic E-state index is 12.9. The lowest BCUT2D eigenvalue weighted by molar-refractivity contribution is -0.140. The van der Waals surface area contributed by atoms with Gasteiger partial charge in [0.1, 0.15) is 0 Å². The molecule has 4 nitrogen and oxygen atoms in total. The molecule has 3 fully saturated rings. The van der Waals surface area contributed by atoms with Gasteiger partial charge < -0.3 is 15.4 Å². The van der Waals surface area contributed by atoms with E-state index in [2.05, 4.69) is 4.90 Å². The smallest absolute Gasteiger partial charge is 0.225 e. The molecule has 0 radical (unpaired) electrons. The van der Waals surface area contributed by atoms with Crippen LogP contribution >= 0.6 is 0 Å². The van der Waals surface area contributed by atoms with Gasteiger partial charge in [0.05, 0.1) is 6.10 Å². The summed E-state index contributed by atoms with van der Waals surface area (Å²) >= 11 is 0. The lowest BCUT2D eigenvalue weighted by Gasteiger charge is -2.45. The number of methoxy groups -OCH3 is 1. The lowest BCUT2D eigenvalue weighted by atomic mass is 9.65. The van der Waals surface area contributed by atoms with Crippen molar-refractivity contribution in [1.82, 2.24) is 4.90 Å². The predicted molar refractivity (Wildman–Crippen MR) is 87.4 cm³/mol. The Bertz CT molecular complexity index is 379. The van der Waals surface area contributed by atoms with Crippen molar-refractivity contribution >= 4 is 5.91 Å². The second-order valence-electron chi connectivity index (χ2n) is 7.81. The van der Waals surface area contributed by atoms with Gasteiger partial charge in [-0.1, -0.05) is 6.42 Å². The minimum Gasteiger partial charge on any atom is -0.381 e. The number of ether oxygens (including phenoxy) is 1. The molecule has 0 aromatic carbocycles. The zero-order valence-electron chi connectivity index (χ0n) is 14.2. The molecule has 126 valence electrons. The highest BCUT2D eigenvalue weighted by molar-refractivity contribution is 5.79. The van der Waals surface area contributed by atoms with Crippen LogP contribution in [-0.4, -0.2) is 43.2 Å². The monoisotopic (exact) mass is 308 g/mol. The van der Waals surface area contributed by atoms with Gasteiger partial charge in [0, 0.05) is 32.2 Å². The Labute approximate surface area is 134 Å². The molecule has 0 heterocycles. The van der Waals surface area contributed by atoms with Gasteiger partial charge in [-0.2, -0.15) is 0 Å². The fourth-order valence-corrected chi connectivity index (χ4v) is 5.13. The van der Waals surface area contributed by atoms with Crippen molar-refractivity contribution in [3.05, 3.63) is 0 Å². The standard InChI is InChI=1S/C18H32N2O2/c1-20(15-6-8-16(22-2)9-7-15)18(21)14-10-12-4-3-5-13(11-14)17(12)19/h12-17H,3-11,19H2,1-2H3. The molecule has 3 aliphatic carbocycles. The van der Waals surface area contributed by atoms with Crippen LogP contribution in [-0.2, 0) is 9.53 Å². The van der Waals surface area contributed by atoms with Crippen LogP contribution in [0.4, 0.5) is 0 Å². The van der Waals surface area contributed by atoms with Crippen molar-refractivity contribution < 1.29 is 9.53 Å². The third-order valence-corrected chi connectivity index (χ3v) is 6.63. The number of carbonyl (C=O) groups excluding carboxylic acids is 1. The van der Waals surface area contributed by atoms with Crippen LogP contribution in [0.15, 0.2) is 0 Å². The highest BCUT2D eigenvalue weighted by atomic mass is 16.5. The average Bonchev–Trinajstić information content (AvgIpc) is 2.53. The summed E-state index contributed by atoms with van der Waals surface area (Å²) in [7, 11) is 3.81. The third kappa shape index (κ3) is 3.18. The van der Waals surface area contributed by atoms with Crippen molar-refractivity contribution in [2.75, 3.05) is 14.2 Å². The third-order valence-electron chi connectivity index (χ3n) is 6.63. The molecule has 1 amide bonds. The number of hydrogen-bond donors (Lipinski definition) is 1. The van der Waals surface area contributed by atoms with Crippen molar-refractivity contribution in [2.24, 2.45) is 23.5 Å². The second kappa shape index (κ2) is 6.88. The van der Waals surface area contributed by atoms with Gasteiger partial charge in [0.2, 0.25) is 5.91 Å². The Kier molecular flexibility index (Phi) is 5.08. The van der Waals surface area contributed by atoms with E-state index in [1.165, 1.54) is 19.3 Å². The van der Waals surface area contributed by atoms with E-state index in [0.717, 1.165) is 38.5 Å². The fourth-order valence-electron chi connectivity index (χ4n) is 5.13. The first-order valence-electron chi connectivity index (χ1n) is 9.15. The largest absolute Gasteiger partial charge is 0.381 e. The van der Waals surface area contributed by atoms with E-state index in [4.69, 9.17) is 10.5 Å². The zero-order valence-corrected chi connectivity index (χ0v) is 14.2. The minimum absolute atomic E-state index is 0.222. The predicted octanol–water partition coefficient (Wildman–Crippen LogP) is 2.56. The van der Waals surface area contributed by atoms with E-state index in [-0.39, 0.29) is 5.92 Å². The summed E-state index contributed by atoms with van der Waals surface area (Å²) in [4.78, 5) is 15.0. The summed E-state index contributed by atoms with van der Waals surface area (Å²) in [6.07, 6.45) is 10.5. The number of amides is 1. The van der Waals surface area contributed by atoms with E-state index >= 15 is 0 Å². The molecule has 2 bridgehead atoms. The molecule has 0 spiro atoms. The van der Waals surface area contributed by atoms with E-state index in [1.807, 2.05) is 7.05 Å². The zero-order chi connectivity index (χ0) is 15.7. The average molecular weight is 308 g/mol. The van der Waals surface area contributed by atoms with Crippen LogP contribution in [0.2, 0.25) is 0 Å². The maximum atomic E-state index is 12.9. The molecule has 2 atom stereocenters. The first-order valence-corrected chi connectivity index (χ1v) is 9.15. The van der Waals surface area contributed by atoms with Gasteiger partial charge in [-0.15, -0.1) is 0 Å². The highest BCUT2D eigenvalue weighted by Gasteiger charge is 2.42. The summed E-state index contributed by atoms with van der Waals surface area (Å²) in [6, 6.07) is 0.759. The number of nitrogens with two attached hydrogens (primary N) is 1. The Hall–Kier alpha value is -0.610. The van der Waals surface area contributed by atoms with Gasteiger partial charge in [-0.05, 0) is 63.2 Å². The van der Waals surface area contributed by atoms with Crippen molar-refractivity contribution in [3.8, 4) is 0 Å². The Morgan fingerprint density at radius 2 is 1.64 bits per heavy atom. The summed E-state index contributed by atoms with van der Waals surface area (Å²) in [5.74, 6) is 1.77. The fraction of sp³-hybridized carbons (Fsp3) is 0.944. The van der Waals surface area contributed by atoms with Crippen molar-refractivity contribution in [3.63, 3.8) is 0 Å². The summed E-state index contributed by atoms with van der Waals surface area (Å²) < 4.78 is 5.44. The Balaban J connectivity index is 1.57. The Morgan fingerprint density at radius 1 is 1.05 bits per heavy atom. The molecule has 0 aliphatic heterocycles. The summed E-state index contributed by atoms with van der Waals surface area (Å²) in [5, 5.41) is 0. The quantitative estimate of drug-likeness (QED) is 0.872. The van der Waals surface area contributed by atoms with Crippen LogP contribution in [0.3, 0.4) is 0 Å². The van der Waals surface area contributed by atoms with E-state index in [1.54, 1.807) is 7.11 Å². The minimum atomic E-state index is 0.222. The number of nitrogens with zero attached hydrogens (tertiary/aromatic N) is 1. The first kappa shape index (κ1) is 16.3. The summed E-state index contributed by atoms with van der Waals surface area (Å²) in [6.45, 7) is 0. The summed E-state index contributed by atoms with van der Waals surface area (Å²) in [5.41, 5.74) is 6.36. The number of rotatable bonds is 3. The lowest BCUT2D eigenvalue weighted by Crippen LogP contribution is -2.51. The molecule has 0 aromatic heterocycles. The maximum Gasteiger partial charge on any atom is 0.225 e. The number of hydrogen-bond acceptors (Lipinski definition) is 3. The number of carbonyl (C=O) groups is 1. The normalized spacial score (nSPS) is 42.0. The first-order chi connectivity index (χ1) is 10.6. The van der Waals surface area contributed by atoms with Crippen LogP contribution in [0.1, 0.15) is 57.8 Å². The molecule has 0 saturated heterocycles. The van der Waals surface area contributed by atoms with Gasteiger partial charge in [0.15, 0.2) is 0 Å². The molecule has 3 rings (SSSR count). The van der Waals surface area contributed by atoms with E-state index in [9.17, 15) is 4.79 Å². The molecule has 3 saturated carbocycles. The molecule has 4 heteroatoms. The highest BCUT2D eigenvalue weighted by Crippen LogP contribution is 2.42. The van der Waals surface area contributed by atoms with Gasteiger partial charge in [0.25, 0.3) is 0 Å². The second-order valence-corrected chi connectivity index (χ2v) is 7.81. The molecule has 22 heavy (non-hydrogen) atoms. The van der Waals surface area contributed by atoms with Crippen LogP contribution in [0.25, 0.3) is 0 Å². The molecule has 0 aromatic rings. The number of fused-ring (bicyclic) bond motifs is 2. The topological polar surface area (TPSA) is 55.6 Å². The molecular formula is C18H32N2O2. The molecule has 3 aliphatic rings. The molecular weight excluding hydrogens is 276 g/mol. The van der Waals surface area contributed by atoms with Gasteiger partial charge in [-0.3, -0.25) is 4.79 Å². The van der Waals surface area contributed by atoms with Crippen LogP contribution in [0.5, 0.6) is 0 Å². The Morgan fingerprint density at radius 3 is 2.18 bits per heavy atom. The molecule has 2 N–H and O–H groups in total. The molecule has 2 unspecified atom stereocenters. The van der Waals surface area contributed by atoms with Gasteiger partial charge in [-0.25, -0.2) is 0 Å². The van der Waals surface area contributed by atoms with Crippen molar-refractivity contribution in [1.29, 1.82) is 0 Å². The van der Waals surface area contributed by atoms with Crippen LogP contribution < -0.4 is 5.73 Å².